The first-order valence-corrected chi connectivity index (χ1v) is 8.07. The van der Waals surface area contributed by atoms with Crippen LogP contribution in [0.4, 0.5) is 0 Å². The molecular weight excluding hydrogens is 326 g/mol. The zero-order valence-corrected chi connectivity index (χ0v) is 13.7. The minimum absolute atomic E-state index is 0.113. The van der Waals surface area contributed by atoms with E-state index in [2.05, 4.69) is 40.2 Å². The number of carbonyl (C=O) groups is 1. The predicted octanol–water partition coefficient (Wildman–Crippen LogP) is 4.35. The lowest BCUT2D eigenvalue weighted by Crippen LogP contribution is -2.31. The number of rotatable bonds is 1. The standard InChI is InChI=1S/C18H18BrNO/c1-13-6-4-10-16(17(13)19)18(21)20-11-5-9-14-7-2-3-8-15(14)12-20/h2-4,6-8,10H,5,9,11-12H2,1H3. The minimum atomic E-state index is 0.113. The van der Waals surface area contributed by atoms with E-state index in [0.717, 1.165) is 35.0 Å². The summed E-state index contributed by atoms with van der Waals surface area (Å²) in [6.45, 7) is 3.53. The molecule has 1 aliphatic rings. The highest BCUT2D eigenvalue weighted by Crippen LogP contribution is 2.25. The fraction of sp³-hybridized carbons (Fsp3) is 0.278. The normalized spacial score (nSPS) is 14.5. The summed E-state index contributed by atoms with van der Waals surface area (Å²) in [5.74, 6) is 0.113. The van der Waals surface area contributed by atoms with Crippen molar-refractivity contribution in [2.24, 2.45) is 0 Å². The van der Waals surface area contributed by atoms with E-state index in [1.54, 1.807) is 0 Å². The van der Waals surface area contributed by atoms with E-state index in [1.807, 2.05) is 30.0 Å². The fourth-order valence-corrected chi connectivity index (χ4v) is 3.29. The van der Waals surface area contributed by atoms with Gasteiger partial charge in [0.05, 0.1) is 5.56 Å². The molecule has 1 heterocycles. The Balaban J connectivity index is 1.90. The molecule has 0 saturated heterocycles. The maximum atomic E-state index is 12.8. The molecule has 3 rings (SSSR count). The maximum Gasteiger partial charge on any atom is 0.255 e. The third-order valence-electron chi connectivity index (χ3n) is 4.06. The van der Waals surface area contributed by atoms with E-state index in [1.165, 1.54) is 11.1 Å². The van der Waals surface area contributed by atoms with Crippen molar-refractivity contribution in [2.75, 3.05) is 6.54 Å². The lowest BCUT2D eigenvalue weighted by molar-refractivity contribution is 0.0745. The van der Waals surface area contributed by atoms with Gasteiger partial charge in [-0.25, -0.2) is 0 Å². The molecule has 0 aliphatic carbocycles. The van der Waals surface area contributed by atoms with E-state index >= 15 is 0 Å². The average Bonchev–Trinajstić information content (AvgIpc) is 2.71. The molecule has 0 spiro atoms. The van der Waals surface area contributed by atoms with Gasteiger partial charge in [0, 0.05) is 17.6 Å². The summed E-state index contributed by atoms with van der Waals surface area (Å²) in [4.78, 5) is 14.8. The lowest BCUT2D eigenvalue weighted by atomic mass is 10.0. The molecule has 1 aliphatic heterocycles. The summed E-state index contributed by atoms with van der Waals surface area (Å²) >= 11 is 3.55. The van der Waals surface area contributed by atoms with Crippen molar-refractivity contribution in [3.8, 4) is 0 Å². The average molecular weight is 344 g/mol. The zero-order chi connectivity index (χ0) is 14.8. The van der Waals surface area contributed by atoms with Crippen LogP contribution in [0, 0.1) is 6.92 Å². The molecule has 0 radical (unpaired) electrons. The molecule has 2 nitrogen and oxygen atoms in total. The Hall–Kier alpha value is -1.61. The molecule has 21 heavy (non-hydrogen) atoms. The van der Waals surface area contributed by atoms with Crippen LogP contribution in [0.5, 0.6) is 0 Å². The Labute approximate surface area is 133 Å². The first-order valence-electron chi connectivity index (χ1n) is 7.28. The first kappa shape index (κ1) is 14.3. The smallest absolute Gasteiger partial charge is 0.255 e. The molecule has 0 aromatic heterocycles. The molecule has 0 atom stereocenters. The van der Waals surface area contributed by atoms with Gasteiger partial charge in [0.1, 0.15) is 0 Å². The Morgan fingerprint density at radius 1 is 1.10 bits per heavy atom. The van der Waals surface area contributed by atoms with Crippen LogP contribution in [0.2, 0.25) is 0 Å². The number of amides is 1. The molecule has 0 N–H and O–H groups in total. The van der Waals surface area contributed by atoms with Gasteiger partial charge in [-0.3, -0.25) is 4.79 Å². The quantitative estimate of drug-likeness (QED) is 0.753. The number of nitrogens with zero attached hydrogens (tertiary/aromatic N) is 1. The van der Waals surface area contributed by atoms with Crippen molar-refractivity contribution in [1.29, 1.82) is 0 Å². The molecule has 0 bridgehead atoms. The molecule has 1 amide bonds. The zero-order valence-electron chi connectivity index (χ0n) is 12.1. The Morgan fingerprint density at radius 3 is 2.67 bits per heavy atom. The van der Waals surface area contributed by atoms with Gasteiger partial charge in [0.2, 0.25) is 0 Å². The van der Waals surface area contributed by atoms with Crippen LogP contribution in [-0.2, 0) is 13.0 Å². The first-order chi connectivity index (χ1) is 10.2. The summed E-state index contributed by atoms with van der Waals surface area (Å²) in [5, 5.41) is 0. The van der Waals surface area contributed by atoms with Crippen LogP contribution in [0.3, 0.4) is 0 Å². The third-order valence-corrected chi connectivity index (χ3v) is 5.12. The van der Waals surface area contributed by atoms with E-state index in [9.17, 15) is 4.79 Å². The van der Waals surface area contributed by atoms with Gasteiger partial charge in [-0.05, 0) is 58.5 Å². The second-order valence-corrected chi connectivity index (χ2v) is 6.33. The van der Waals surface area contributed by atoms with Crippen LogP contribution < -0.4 is 0 Å². The Bertz CT molecular complexity index is 681. The molecule has 2 aromatic carbocycles. The van der Waals surface area contributed by atoms with Crippen molar-refractivity contribution in [1.82, 2.24) is 4.90 Å². The summed E-state index contributed by atoms with van der Waals surface area (Å²) < 4.78 is 0.910. The molecule has 3 heteroatoms. The largest absolute Gasteiger partial charge is 0.334 e. The SMILES string of the molecule is Cc1cccc(C(=O)N2CCCc3ccccc3C2)c1Br. The highest BCUT2D eigenvalue weighted by atomic mass is 79.9. The predicted molar refractivity (Wildman–Crippen MR) is 88.4 cm³/mol. The Kier molecular flexibility index (Phi) is 4.11. The van der Waals surface area contributed by atoms with Gasteiger partial charge < -0.3 is 4.90 Å². The second-order valence-electron chi connectivity index (χ2n) is 5.54. The number of carbonyl (C=O) groups excluding carboxylic acids is 1. The summed E-state index contributed by atoms with van der Waals surface area (Å²) in [5.41, 5.74) is 4.49. The van der Waals surface area contributed by atoms with Crippen LogP contribution in [0.1, 0.15) is 33.5 Å². The van der Waals surface area contributed by atoms with Crippen molar-refractivity contribution < 1.29 is 4.79 Å². The summed E-state index contributed by atoms with van der Waals surface area (Å²) in [6, 6.07) is 14.3. The van der Waals surface area contributed by atoms with Crippen LogP contribution >= 0.6 is 15.9 Å². The van der Waals surface area contributed by atoms with E-state index in [4.69, 9.17) is 0 Å². The number of fused-ring (bicyclic) bond motifs is 1. The number of halogens is 1. The van der Waals surface area contributed by atoms with Crippen LogP contribution in [0.25, 0.3) is 0 Å². The molecule has 108 valence electrons. The van der Waals surface area contributed by atoms with Crippen molar-refractivity contribution in [3.63, 3.8) is 0 Å². The highest BCUT2D eigenvalue weighted by Gasteiger charge is 2.21. The van der Waals surface area contributed by atoms with Crippen LogP contribution in [0.15, 0.2) is 46.9 Å². The molecular formula is C18H18BrNO. The van der Waals surface area contributed by atoms with E-state index in [0.29, 0.717) is 6.54 Å². The number of aryl methyl sites for hydroxylation is 2. The third kappa shape index (κ3) is 2.88. The van der Waals surface area contributed by atoms with Gasteiger partial charge in [-0.15, -0.1) is 0 Å². The maximum absolute atomic E-state index is 12.8. The summed E-state index contributed by atoms with van der Waals surface area (Å²) in [6.07, 6.45) is 2.07. The van der Waals surface area contributed by atoms with Gasteiger partial charge in [0.25, 0.3) is 5.91 Å². The minimum Gasteiger partial charge on any atom is -0.334 e. The highest BCUT2D eigenvalue weighted by molar-refractivity contribution is 9.10. The molecule has 2 aromatic rings. The van der Waals surface area contributed by atoms with Gasteiger partial charge in [0.15, 0.2) is 0 Å². The van der Waals surface area contributed by atoms with Crippen molar-refractivity contribution in [2.45, 2.75) is 26.3 Å². The van der Waals surface area contributed by atoms with E-state index in [-0.39, 0.29) is 5.91 Å². The second kappa shape index (κ2) is 6.02. The number of hydrogen-bond donors (Lipinski definition) is 0. The van der Waals surface area contributed by atoms with Crippen LogP contribution in [-0.4, -0.2) is 17.4 Å². The molecule has 0 fully saturated rings. The number of hydrogen-bond acceptors (Lipinski definition) is 1. The van der Waals surface area contributed by atoms with E-state index < -0.39 is 0 Å². The molecule has 0 saturated carbocycles. The van der Waals surface area contributed by atoms with Gasteiger partial charge >= 0.3 is 0 Å². The monoisotopic (exact) mass is 343 g/mol. The fourth-order valence-electron chi connectivity index (χ4n) is 2.86. The van der Waals surface area contributed by atoms with Gasteiger partial charge in [-0.1, -0.05) is 36.4 Å². The topological polar surface area (TPSA) is 20.3 Å². The Morgan fingerprint density at radius 2 is 1.86 bits per heavy atom. The van der Waals surface area contributed by atoms with Crippen molar-refractivity contribution >= 4 is 21.8 Å². The molecule has 0 unspecified atom stereocenters. The van der Waals surface area contributed by atoms with Gasteiger partial charge in [-0.2, -0.15) is 0 Å². The summed E-state index contributed by atoms with van der Waals surface area (Å²) in [7, 11) is 0. The lowest BCUT2D eigenvalue weighted by Gasteiger charge is -2.22. The number of benzene rings is 2. The van der Waals surface area contributed by atoms with Crippen molar-refractivity contribution in [3.05, 3.63) is 69.2 Å².